The second-order valence-corrected chi connectivity index (χ2v) is 8.43. The van der Waals surface area contributed by atoms with Crippen molar-refractivity contribution >= 4 is 17.8 Å². The van der Waals surface area contributed by atoms with Crippen molar-refractivity contribution in [2.24, 2.45) is 5.41 Å². The van der Waals surface area contributed by atoms with Gasteiger partial charge in [0.15, 0.2) is 0 Å². The quantitative estimate of drug-likeness (QED) is 0.425. The van der Waals surface area contributed by atoms with Crippen molar-refractivity contribution in [1.82, 2.24) is 4.90 Å². The second kappa shape index (κ2) is 8.59. The lowest BCUT2D eigenvalue weighted by atomic mass is 9.75. The maximum absolute atomic E-state index is 12.7. The van der Waals surface area contributed by atoms with E-state index >= 15 is 0 Å². The molecule has 7 nitrogen and oxygen atoms in total. The summed E-state index contributed by atoms with van der Waals surface area (Å²) in [5.41, 5.74) is -1.65. The van der Waals surface area contributed by atoms with Gasteiger partial charge in [0.25, 0.3) is 0 Å². The molecule has 4 atom stereocenters. The summed E-state index contributed by atoms with van der Waals surface area (Å²) in [6.45, 7) is 10.6. The fraction of sp³-hybridized carbons (Fsp3) is 0.850. The fourth-order valence-electron chi connectivity index (χ4n) is 4.04. The maximum Gasteiger partial charge on any atom is 0.312 e. The van der Waals surface area contributed by atoms with E-state index in [9.17, 15) is 14.4 Å². The van der Waals surface area contributed by atoms with Gasteiger partial charge >= 0.3 is 11.9 Å². The van der Waals surface area contributed by atoms with Crippen LogP contribution in [0.3, 0.4) is 0 Å². The first-order valence-corrected chi connectivity index (χ1v) is 9.86. The van der Waals surface area contributed by atoms with Crippen LogP contribution in [0.1, 0.15) is 66.7 Å². The van der Waals surface area contributed by atoms with Crippen LogP contribution >= 0.6 is 0 Å². The Bertz CT molecular complexity index is 575. The first-order valence-electron chi connectivity index (χ1n) is 9.86. The van der Waals surface area contributed by atoms with E-state index in [4.69, 9.17) is 14.2 Å². The highest BCUT2D eigenvalue weighted by atomic mass is 16.6. The Morgan fingerprint density at radius 1 is 1.37 bits per heavy atom. The lowest BCUT2D eigenvalue weighted by Gasteiger charge is -2.40. The summed E-state index contributed by atoms with van der Waals surface area (Å²) >= 11 is 0. The van der Waals surface area contributed by atoms with Crippen LogP contribution < -0.4 is 0 Å². The Hall–Kier alpha value is -1.63. The molecule has 0 N–H and O–H groups in total. The molecule has 7 heteroatoms. The van der Waals surface area contributed by atoms with Gasteiger partial charge in [0.1, 0.15) is 18.3 Å². The molecule has 27 heavy (non-hydrogen) atoms. The van der Waals surface area contributed by atoms with Crippen molar-refractivity contribution in [3.63, 3.8) is 0 Å². The predicted molar refractivity (Wildman–Crippen MR) is 98.9 cm³/mol. The standard InChI is InChI=1S/C20H33NO6/c1-6-19(4,18(24)26-12-16-11-25-16)13-20(5,27-15(3)22)10-14(2)21-9-7-8-17(21)23/h14,16H,6-13H2,1-5H3. The highest BCUT2D eigenvalue weighted by molar-refractivity contribution is 5.78. The summed E-state index contributed by atoms with van der Waals surface area (Å²) in [7, 11) is 0. The van der Waals surface area contributed by atoms with E-state index in [-0.39, 0.29) is 30.6 Å². The molecule has 2 rings (SSSR count). The smallest absolute Gasteiger partial charge is 0.312 e. The third kappa shape index (κ3) is 5.92. The predicted octanol–water partition coefficient (Wildman–Crippen LogP) is 2.46. The van der Waals surface area contributed by atoms with Crippen LogP contribution in [0, 0.1) is 5.41 Å². The summed E-state index contributed by atoms with van der Waals surface area (Å²) in [5, 5.41) is 0. The lowest BCUT2D eigenvalue weighted by Crippen LogP contribution is -2.46. The van der Waals surface area contributed by atoms with E-state index in [2.05, 4.69) is 0 Å². The normalized spacial score (nSPS) is 24.7. The third-order valence-electron chi connectivity index (χ3n) is 5.60. The summed E-state index contributed by atoms with van der Waals surface area (Å²) in [6.07, 6.45) is 2.81. The fourth-order valence-corrected chi connectivity index (χ4v) is 4.04. The Morgan fingerprint density at radius 2 is 2.04 bits per heavy atom. The molecule has 0 aromatic heterocycles. The van der Waals surface area contributed by atoms with Crippen LogP contribution in [0.25, 0.3) is 0 Å². The Kier molecular flexibility index (Phi) is 6.89. The zero-order valence-electron chi connectivity index (χ0n) is 17.2. The molecule has 0 spiro atoms. The molecule has 2 heterocycles. The molecule has 0 radical (unpaired) electrons. The molecule has 2 aliphatic rings. The van der Waals surface area contributed by atoms with Gasteiger partial charge in [-0.05, 0) is 33.6 Å². The number of esters is 2. The van der Waals surface area contributed by atoms with E-state index in [0.29, 0.717) is 32.3 Å². The van der Waals surface area contributed by atoms with Crippen LogP contribution in [-0.4, -0.2) is 60.3 Å². The Balaban J connectivity index is 2.10. The van der Waals surface area contributed by atoms with E-state index < -0.39 is 17.0 Å². The molecule has 0 saturated carbocycles. The number of hydrogen-bond donors (Lipinski definition) is 0. The zero-order valence-corrected chi connectivity index (χ0v) is 17.2. The first-order chi connectivity index (χ1) is 12.6. The van der Waals surface area contributed by atoms with Gasteiger partial charge in [0.2, 0.25) is 5.91 Å². The highest BCUT2D eigenvalue weighted by Gasteiger charge is 2.44. The lowest BCUT2D eigenvalue weighted by molar-refractivity contribution is -0.171. The monoisotopic (exact) mass is 383 g/mol. The molecule has 0 bridgehead atoms. The number of likely N-dealkylation sites (tertiary alicyclic amines) is 1. The number of ether oxygens (including phenoxy) is 3. The van der Waals surface area contributed by atoms with E-state index in [0.717, 1.165) is 13.0 Å². The Labute approximate surface area is 161 Å². The van der Waals surface area contributed by atoms with Crippen LogP contribution in [0.5, 0.6) is 0 Å². The third-order valence-corrected chi connectivity index (χ3v) is 5.60. The van der Waals surface area contributed by atoms with E-state index in [1.165, 1.54) is 6.92 Å². The minimum Gasteiger partial charge on any atom is -0.462 e. The molecule has 2 aliphatic heterocycles. The maximum atomic E-state index is 12.7. The number of carbonyl (C=O) groups is 3. The SMILES string of the molecule is CCC(C)(CC(C)(CC(C)N1CCCC1=O)OC(C)=O)C(=O)OCC1CO1. The van der Waals surface area contributed by atoms with Crippen LogP contribution in [0.15, 0.2) is 0 Å². The van der Waals surface area contributed by atoms with Crippen molar-refractivity contribution in [2.45, 2.75) is 84.5 Å². The topological polar surface area (TPSA) is 85.4 Å². The molecule has 0 aliphatic carbocycles. The van der Waals surface area contributed by atoms with Crippen molar-refractivity contribution in [2.75, 3.05) is 19.8 Å². The van der Waals surface area contributed by atoms with Gasteiger partial charge in [-0.1, -0.05) is 6.92 Å². The van der Waals surface area contributed by atoms with Gasteiger partial charge < -0.3 is 19.1 Å². The number of nitrogens with zero attached hydrogens (tertiary/aromatic N) is 1. The summed E-state index contributed by atoms with van der Waals surface area (Å²) < 4.78 is 16.2. The highest BCUT2D eigenvalue weighted by Crippen LogP contribution is 2.38. The van der Waals surface area contributed by atoms with Crippen molar-refractivity contribution in [1.29, 1.82) is 0 Å². The molecule has 2 saturated heterocycles. The zero-order chi connectivity index (χ0) is 20.2. The van der Waals surface area contributed by atoms with Gasteiger partial charge in [-0.3, -0.25) is 14.4 Å². The average Bonchev–Trinajstić information content (AvgIpc) is 3.30. The van der Waals surface area contributed by atoms with Crippen LogP contribution in [0.2, 0.25) is 0 Å². The number of amides is 1. The molecule has 0 aromatic rings. The van der Waals surface area contributed by atoms with Crippen molar-refractivity contribution < 1.29 is 28.6 Å². The van der Waals surface area contributed by atoms with E-state index in [1.807, 2.05) is 32.6 Å². The molecule has 2 fully saturated rings. The largest absolute Gasteiger partial charge is 0.462 e. The molecular formula is C20H33NO6. The molecule has 4 unspecified atom stereocenters. The molecule has 1 amide bonds. The second-order valence-electron chi connectivity index (χ2n) is 8.43. The van der Waals surface area contributed by atoms with Gasteiger partial charge in [0.05, 0.1) is 12.0 Å². The van der Waals surface area contributed by atoms with Crippen LogP contribution in [-0.2, 0) is 28.6 Å². The molecular weight excluding hydrogens is 350 g/mol. The first kappa shape index (κ1) is 21.7. The number of hydrogen-bond acceptors (Lipinski definition) is 6. The number of carbonyl (C=O) groups excluding carboxylic acids is 3. The van der Waals surface area contributed by atoms with Gasteiger partial charge in [0, 0.05) is 38.8 Å². The van der Waals surface area contributed by atoms with Gasteiger partial charge in [-0.25, -0.2) is 0 Å². The minimum atomic E-state index is -0.867. The number of epoxide rings is 1. The number of rotatable bonds is 10. The summed E-state index contributed by atoms with van der Waals surface area (Å²) in [4.78, 5) is 38.4. The average molecular weight is 383 g/mol. The molecule has 154 valence electrons. The summed E-state index contributed by atoms with van der Waals surface area (Å²) in [5.74, 6) is -0.561. The minimum absolute atomic E-state index is 0.0103. The van der Waals surface area contributed by atoms with Crippen molar-refractivity contribution in [3.05, 3.63) is 0 Å². The Morgan fingerprint density at radius 3 is 2.52 bits per heavy atom. The summed E-state index contributed by atoms with van der Waals surface area (Å²) in [6, 6.07) is -0.0682. The molecule has 0 aromatic carbocycles. The van der Waals surface area contributed by atoms with Crippen molar-refractivity contribution in [3.8, 4) is 0 Å². The van der Waals surface area contributed by atoms with Crippen LogP contribution in [0.4, 0.5) is 0 Å². The van der Waals surface area contributed by atoms with Gasteiger partial charge in [-0.15, -0.1) is 0 Å². The van der Waals surface area contributed by atoms with Gasteiger partial charge in [-0.2, -0.15) is 0 Å². The van der Waals surface area contributed by atoms with E-state index in [1.54, 1.807) is 0 Å².